The Balaban J connectivity index is 2.26. The maximum atomic E-state index is 5.53. The Morgan fingerprint density at radius 2 is 1.64 bits per heavy atom. The molecule has 0 spiro atoms. The van der Waals surface area contributed by atoms with Crippen LogP contribution in [-0.4, -0.2) is 35.4 Å². The monoisotopic (exact) mass is 175 g/mol. The van der Waals surface area contributed by atoms with Gasteiger partial charge in [0.15, 0.2) is 0 Å². The van der Waals surface area contributed by atoms with Gasteiger partial charge in [0, 0.05) is 0 Å². The fraction of sp³-hybridized carbons (Fsp3) is 0.667. The molecule has 0 amide bonds. The third kappa shape index (κ3) is 2.49. The molecule has 0 aromatic carbocycles. The molecule has 1 aromatic rings. The second-order valence-electron chi connectivity index (χ2n) is 4.11. The average molecular weight is 174 g/mol. The van der Waals surface area contributed by atoms with Crippen LogP contribution >= 0.6 is 0 Å². The van der Waals surface area contributed by atoms with Crippen LogP contribution in [0.25, 0.3) is 0 Å². The van der Waals surface area contributed by atoms with Crippen molar-refractivity contribution in [3.63, 3.8) is 0 Å². The van der Waals surface area contributed by atoms with Crippen molar-refractivity contribution in [2.45, 2.75) is 38.5 Å². The summed E-state index contributed by atoms with van der Waals surface area (Å²) in [6.07, 6.45) is 7.94. The Kier molecular flexibility index (Phi) is 3.84. The van der Waals surface area contributed by atoms with Crippen molar-refractivity contribution in [2.24, 2.45) is 0 Å². The van der Waals surface area contributed by atoms with Crippen LogP contribution in [0.3, 0.4) is 0 Å². The quantitative estimate of drug-likeness (QED) is 0.516. The third-order valence-corrected chi connectivity index (χ3v) is 3.07. The summed E-state index contributed by atoms with van der Waals surface area (Å²) in [5.41, 5.74) is 3.05. The summed E-state index contributed by atoms with van der Waals surface area (Å²) in [5.74, 6) is 0. The van der Waals surface area contributed by atoms with Crippen molar-refractivity contribution in [3.05, 3.63) is 10.9 Å². The van der Waals surface area contributed by atoms with E-state index in [0.29, 0.717) is 0 Å². The van der Waals surface area contributed by atoms with Gasteiger partial charge in [0.25, 0.3) is 0 Å². The van der Waals surface area contributed by atoms with Crippen molar-refractivity contribution in [1.29, 1.82) is 0 Å². The molecule has 1 aliphatic rings. The van der Waals surface area contributed by atoms with Gasteiger partial charge in [-0.05, 0) is 0 Å². The molecule has 0 unspecified atom stereocenters. The molecular formula is C9H12B5. The molecule has 0 aliphatic heterocycles. The molecule has 0 atom stereocenters. The molecule has 0 saturated carbocycles. The van der Waals surface area contributed by atoms with Crippen LogP contribution in [-0.2, 0) is 12.8 Å². The molecule has 63 valence electrons. The van der Waals surface area contributed by atoms with Crippen LogP contribution in [0.15, 0.2) is 0 Å². The molecule has 2 rings (SSSR count). The van der Waals surface area contributed by atoms with E-state index in [4.69, 9.17) is 7.74 Å². The molecule has 5 heteroatoms. The van der Waals surface area contributed by atoms with Gasteiger partial charge in [-0.1, -0.05) is 0 Å². The fourth-order valence-electron chi connectivity index (χ4n) is 2.21. The van der Waals surface area contributed by atoms with Crippen molar-refractivity contribution in [3.8, 4) is 0 Å². The van der Waals surface area contributed by atoms with E-state index in [2.05, 4.69) is 20.5 Å². The number of fused-ring (bicyclic) bond motifs is 1. The fourth-order valence-corrected chi connectivity index (χ4v) is 2.21. The van der Waals surface area contributed by atoms with E-state index in [1.165, 1.54) is 49.4 Å². The van der Waals surface area contributed by atoms with Crippen molar-refractivity contribution in [2.75, 3.05) is 0 Å². The molecular weight excluding hydrogens is 162 g/mol. The van der Waals surface area contributed by atoms with E-state index in [1.54, 1.807) is 7.17 Å². The molecule has 0 saturated heterocycles. The van der Waals surface area contributed by atoms with E-state index in [9.17, 15) is 0 Å². The van der Waals surface area contributed by atoms with Gasteiger partial charge in [-0.3, -0.25) is 0 Å². The van der Waals surface area contributed by atoms with Gasteiger partial charge >= 0.3 is 90.1 Å². The summed E-state index contributed by atoms with van der Waals surface area (Å²) in [7, 11) is 7.22. The summed E-state index contributed by atoms with van der Waals surface area (Å²) in [6.45, 7) is 6.63. The molecule has 1 aliphatic carbocycles. The van der Waals surface area contributed by atoms with Crippen LogP contribution in [0.2, 0.25) is 0 Å². The van der Waals surface area contributed by atoms with Crippen LogP contribution < -0.4 is 5.25 Å². The predicted octanol–water partition coefficient (Wildman–Crippen LogP) is -0.227. The number of aryl methyl sites for hydroxylation is 2. The second-order valence-corrected chi connectivity index (χ2v) is 4.11. The molecule has 0 nitrogen and oxygen atoms in total. The van der Waals surface area contributed by atoms with E-state index < -0.39 is 0 Å². The Morgan fingerprint density at radius 1 is 0.929 bits per heavy atom. The van der Waals surface area contributed by atoms with Gasteiger partial charge in [0.1, 0.15) is 0 Å². The Hall–Kier alpha value is -0.0653. The van der Waals surface area contributed by atoms with Gasteiger partial charge in [0.2, 0.25) is 0 Å². The molecule has 1 heterocycles. The molecule has 0 N–H and O–H groups in total. The first kappa shape index (κ1) is 10.5. The SMILES string of the molecule is [B][B]c1bbc2c(b1)CCCCCC2. The number of hydrogen-bond acceptors (Lipinski definition) is 0. The molecule has 3 radical (unpaired) electrons. The zero-order valence-electron chi connectivity index (χ0n) is 8.63. The van der Waals surface area contributed by atoms with E-state index in [-0.39, 0.29) is 0 Å². The van der Waals surface area contributed by atoms with E-state index >= 15 is 0 Å². The Bertz CT molecular complexity index is 312. The Labute approximate surface area is 90.5 Å². The number of rotatable bonds is 1. The molecule has 14 heavy (non-hydrogen) atoms. The maximum absolute atomic E-state index is 5.53. The summed E-state index contributed by atoms with van der Waals surface area (Å²) < 4.78 is 0. The minimum atomic E-state index is 1.16. The normalized spacial score (nSPS) is 15.7. The van der Waals surface area contributed by atoms with Crippen molar-refractivity contribution in [1.82, 2.24) is 0 Å². The van der Waals surface area contributed by atoms with Gasteiger partial charge < -0.3 is 0 Å². The van der Waals surface area contributed by atoms with Crippen molar-refractivity contribution < 1.29 is 0 Å². The van der Waals surface area contributed by atoms with Crippen LogP contribution in [0, 0.1) is 0 Å². The molecule has 1 aromatic heterocycles. The van der Waals surface area contributed by atoms with E-state index in [0.717, 1.165) is 5.25 Å². The summed E-state index contributed by atoms with van der Waals surface area (Å²) in [5, 5.41) is 1.16. The van der Waals surface area contributed by atoms with Crippen LogP contribution in [0.1, 0.15) is 36.6 Å². The topological polar surface area (TPSA) is 0 Å². The van der Waals surface area contributed by atoms with Crippen LogP contribution in [0.4, 0.5) is 0 Å². The van der Waals surface area contributed by atoms with Crippen molar-refractivity contribution >= 4 is 40.7 Å². The first-order chi connectivity index (χ1) is 6.90. The first-order valence-corrected chi connectivity index (χ1v) is 5.57. The zero-order valence-corrected chi connectivity index (χ0v) is 8.63. The average Bonchev–Trinajstić information content (AvgIpc) is 2.18. The second kappa shape index (κ2) is 5.14. The standard InChI is InChI=1S/C9H12B5/c10-12-9-11-7-5-3-1-2-4-6-8(7)13-14-9/h1-6H2. The molecule has 0 fully saturated rings. The number of hydrogen-bond donors (Lipinski definition) is 0. The summed E-state index contributed by atoms with van der Waals surface area (Å²) in [6, 6.07) is 0. The van der Waals surface area contributed by atoms with Crippen LogP contribution in [0.5, 0.6) is 0 Å². The van der Waals surface area contributed by atoms with E-state index in [1.807, 2.05) is 0 Å². The molecule has 0 bridgehead atoms. The Morgan fingerprint density at radius 3 is 2.36 bits per heavy atom. The summed E-state index contributed by atoms with van der Waals surface area (Å²) >= 11 is 0. The van der Waals surface area contributed by atoms with Gasteiger partial charge in [-0.25, -0.2) is 0 Å². The van der Waals surface area contributed by atoms with Gasteiger partial charge in [-0.2, -0.15) is 0 Å². The van der Waals surface area contributed by atoms with Gasteiger partial charge in [0.05, 0.1) is 0 Å². The zero-order chi connectivity index (χ0) is 9.80. The predicted molar refractivity (Wildman–Crippen MR) is 67.5 cm³/mol. The third-order valence-electron chi connectivity index (χ3n) is 3.07. The minimum absolute atomic E-state index is 1.16. The van der Waals surface area contributed by atoms with Gasteiger partial charge in [-0.15, -0.1) is 0 Å². The summed E-state index contributed by atoms with van der Waals surface area (Å²) in [4.78, 5) is 0. The first-order valence-electron chi connectivity index (χ1n) is 5.57.